The first-order valence-corrected chi connectivity index (χ1v) is 11.1. The number of pyridine rings is 3. The zero-order valence-electron chi connectivity index (χ0n) is 18.0. The number of nitrogens with zero attached hydrogens (tertiary/aromatic N) is 5. The summed E-state index contributed by atoms with van der Waals surface area (Å²) in [7, 11) is 0. The van der Waals surface area contributed by atoms with Crippen LogP contribution in [0.2, 0.25) is 0 Å². The lowest BCUT2D eigenvalue weighted by Crippen LogP contribution is -2.19. The van der Waals surface area contributed by atoms with Gasteiger partial charge in [-0.2, -0.15) is 0 Å². The molecule has 0 spiro atoms. The van der Waals surface area contributed by atoms with E-state index in [1.54, 1.807) is 10.6 Å². The minimum absolute atomic E-state index is 0.00950. The monoisotopic (exact) mass is 465 g/mol. The van der Waals surface area contributed by atoms with Gasteiger partial charge < -0.3 is 15.4 Å². The Morgan fingerprint density at radius 3 is 2.79 bits per heavy atom. The van der Waals surface area contributed by atoms with Crippen LogP contribution in [0.4, 0.5) is 20.3 Å². The maximum Gasteiger partial charge on any atom is 0.281 e. The molecule has 1 saturated heterocycles. The number of hydrogen-bond acceptors (Lipinski definition) is 7. The molecule has 1 saturated carbocycles. The van der Waals surface area contributed by atoms with Gasteiger partial charge in [-0.05, 0) is 37.5 Å². The third-order valence-electron chi connectivity index (χ3n) is 6.08. The average molecular weight is 465 g/mol. The van der Waals surface area contributed by atoms with Crippen molar-refractivity contribution in [1.29, 1.82) is 0 Å². The average Bonchev–Trinajstić information content (AvgIpc) is 3.41. The number of carbonyl (C=O) groups is 1. The van der Waals surface area contributed by atoms with Crippen molar-refractivity contribution in [2.75, 3.05) is 23.8 Å². The third kappa shape index (κ3) is 3.92. The Morgan fingerprint density at radius 2 is 2.03 bits per heavy atom. The van der Waals surface area contributed by atoms with E-state index < -0.39 is 6.43 Å². The van der Waals surface area contributed by atoms with Gasteiger partial charge in [-0.25, -0.2) is 23.3 Å². The van der Waals surface area contributed by atoms with Gasteiger partial charge in [0.2, 0.25) is 5.91 Å². The Balaban J connectivity index is 1.40. The number of rotatable bonds is 6. The molecule has 6 rings (SSSR count). The zero-order valence-corrected chi connectivity index (χ0v) is 18.0. The smallest absolute Gasteiger partial charge is 0.281 e. The fourth-order valence-corrected chi connectivity index (χ4v) is 4.12. The summed E-state index contributed by atoms with van der Waals surface area (Å²) in [6, 6.07) is 5.57. The largest absolute Gasteiger partial charge is 0.379 e. The predicted molar refractivity (Wildman–Crippen MR) is 121 cm³/mol. The van der Waals surface area contributed by atoms with Crippen molar-refractivity contribution in [2.24, 2.45) is 5.92 Å². The summed E-state index contributed by atoms with van der Waals surface area (Å²) < 4.78 is 34.3. The lowest BCUT2D eigenvalue weighted by Gasteiger charge is -2.11. The topological polar surface area (TPSA) is 106 Å². The molecule has 1 amide bonds. The summed E-state index contributed by atoms with van der Waals surface area (Å²) in [4.78, 5) is 24.9. The summed E-state index contributed by atoms with van der Waals surface area (Å²) >= 11 is 0. The molecule has 34 heavy (non-hydrogen) atoms. The van der Waals surface area contributed by atoms with Crippen molar-refractivity contribution < 1.29 is 18.3 Å². The molecule has 5 heterocycles. The highest BCUT2D eigenvalue weighted by atomic mass is 19.3. The number of amides is 1. The molecule has 0 radical (unpaired) electrons. The van der Waals surface area contributed by atoms with Crippen LogP contribution in [0.5, 0.6) is 0 Å². The first-order valence-electron chi connectivity index (χ1n) is 11.1. The Kier molecular flexibility index (Phi) is 5.05. The second kappa shape index (κ2) is 8.24. The highest BCUT2D eigenvalue weighted by Gasteiger charge is 2.30. The summed E-state index contributed by atoms with van der Waals surface area (Å²) in [6.45, 7) is 1.39. The number of hydrogen-bond donors (Lipinski definition) is 2. The number of fused-ring (bicyclic) bond motifs is 2. The first kappa shape index (κ1) is 20.8. The lowest BCUT2D eigenvalue weighted by molar-refractivity contribution is -0.117. The number of aromatic nitrogens is 5. The molecule has 9 nitrogen and oxygen atoms in total. The van der Waals surface area contributed by atoms with E-state index in [0.29, 0.717) is 34.8 Å². The fourth-order valence-electron chi connectivity index (χ4n) is 4.12. The van der Waals surface area contributed by atoms with Gasteiger partial charge in [0.05, 0.1) is 24.5 Å². The summed E-state index contributed by atoms with van der Waals surface area (Å²) in [5, 5.41) is 11.4. The highest BCUT2D eigenvalue weighted by Crippen LogP contribution is 2.34. The van der Waals surface area contributed by atoms with E-state index in [1.165, 1.54) is 12.4 Å². The number of ether oxygens (including phenoxy) is 1. The molecule has 0 aromatic carbocycles. The van der Waals surface area contributed by atoms with E-state index in [4.69, 9.17) is 4.74 Å². The van der Waals surface area contributed by atoms with Crippen LogP contribution < -0.4 is 10.6 Å². The predicted octanol–water partition coefficient (Wildman–Crippen LogP) is 3.83. The van der Waals surface area contributed by atoms with Crippen LogP contribution >= 0.6 is 0 Å². The van der Waals surface area contributed by atoms with Gasteiger partial charge in [-0.3, -0.25) is 9.78 Å². The molecule has 0 unspecified atom stereocenters. The number of anilines is 2. The number of nitrogens with one attached hydrogen (secondary N) is 2. The van der Waals surface area contributed by atoms with Gasteiger partial charge in [0.15, 0.2) is 11.5 Å². The second-order valence-electron chi connectivity index (χ2n) is 8.60. The molecule has 2 N–H and O–H groups in total. The molecule has 1 atom stereocenters. The maximum absolute atomic E-state index is 13.6. The Hall–Kier alpha value is -3.73. The number of halogens is 2. The summed E-state index contributed by atoms with van der Waals surface area (Å²) in [6.07, 6.45) is 4.35. The Morgan fingerprint density at radius 1 is 1.15 bits per heavy atom. The normalized spacial score (nSPS) is 18.1. The minimum Gasteiger partial charge on any atom is -0.379 e. The van der Waals surface area contributed by atoms with Crippen LogP contribution in [0.3, 0.4) is 0 Å². The number of carbonyl (C=O) groups excluding carboxylic acids is 1. The molecular formula is C23H21F2N7O2. The van der Waals surface area contributed by atoms with E-state index in [1.807, 2.05) is 18.3 Å². The quantitative estimate of drug-likeness (QED) is 0.446. The minimum atomic E-state index is -2.77. The molecule has 2 aliphatic rings. The van der Waals surface area contributed by atoms with E-state index >= 15 is 0 Å². The summed E-state index contributed by atoms with van der Waals surface area (Å²) in [5.74, 6) is 0.510. The lowest BCUT2D eigenvalue weighted by atomic mass is 10.1. The molecule has 4 aromatic heterocycles. The van der Waals surface area contributed by atoms with E-state index in [2.05, 4.69) is 30.7 Å². The molecular weight excluding hydrogens is 444 g/mol. The fraction of sp³-hybridized carbons (Fsp3) is 0.348. The molecule has 4 aromatic rings. The molecule has 0 bridgehead atoms. The molecule has 1 aliphatic heterocycles. The molecule has 2 fully saturated rings. The van der Waals surface area contributed by atoms with Crippen LogP contribution in [-0.2, 0) is 9.53 Å². The first-order chi connectivity index (χ1) is 16.5. The maximum atomic E-state index is 13.6. The Labute approximate surface area is 192 Å². The van der Waals surface area contributed by atoms with Crippen LogP contribution in [0, 0.1) is 5.92 Å². The second-order valence-corrected chi connectivity index (χ2v) is 8.60. The van der Waals surface area contributed by atoms with Crippen molar-refractivity contribution in [2.45, 2.75) is 31.7 Å². The molecule has 174 valence electrons. The van der Waals surface area contributed by atoms with E-state index in [0.717, 1.165) is 31.6 Å². The van der Waals surface area contributed by atoms with Crippen molar-refractivity contribution >= 4 is 33.8 Å². The van der Waals surface area contributed by atoms with Gasteiger partial charge in [0.1, 0.15) is 11.5 Å². The van der Waals surface area contributed by atoms with Crippen molar-refractivity contribution in [3.63, 3.8) is 0 Å². The van der Waals surface area contributed by atoms with Gasteiger partial charge in [-0.1, -0.05) is 0 Å². The third-order valence-corrected chi connectivity index (χ3v) is 6.08. The van der Waals surface area contributed by atoms with Gasteiger partial charge >= 0.3 is 0 Å². The SMILES string of the molecule is O=C(Nc1cc2c(-c3nc4ccc(N[C@H]5CCOC5)cn4n3)cnc(C(F)F)c2cn1)C1CC1. The van der Waals surface area contributed by atoms with E-state index in [-0.39, 0.29) is 28.9 Å². The van der Waals surface area contributed by atoms with Crippen molar-refractivity contribution in [1.82, 2.24) is 24.6 Å². The van der Waals surface area contributed by atoms with Crippen LogP contribution in [0.1, 0.15) is 31.4 Å². The van der Waals surface area contributed by atoms with Crippen LogP contribution in [-0.4, -0.2) is 49.7 Å². The van der Waals surface area contributed by atoms with Gasteiger partial charge in [0.25, 0.3) is 6.43 Å². The van der Waals surface area contributed by atoms with Crippen molar-refractivity contribution in [3.8, 4) is 11.4 Å². The molecule has 11 heteroatoms. The standard InChI is InChI=1S/C23H21F2N7O2/c24-21(25)20-16-8-26-18(29-23(33)12-1-2-12)7-15(16)17(9-27-20)22-30-19-4-3-13(10-32(19)31-22)28-14-5-6-34-11-14/h3-4,7-10,12,14,21,28H,1-2,5-6,11H2,(H,26,29,33)/t14-/m0/s1. The van der Waals surface area contributed by atoms with Crippen molar-refractivity contribution in [3.05, 3.63) is 42.5 Å². The summed E-state index contributed by atoms with van der Waals surface area (Å²) in [5.41, 5.74) is 1.59. The van der Waals surface area contributed by atoms with Gasteiger partial charge in [0, 0.05) is 41.3 Å². The zero-order chi connectivity index (χ0) is 23.2. The number of alkyl halides is 2. The molecule has 1 aliphatic carbocycles. The Bertz CT molecular complexity index is 1400. The van der Waals surface area contributed by atoms with E-state index in [9.17, 15) is 13.6 Å². The van der Waals surface area contributed by atoms with Crippen LogP contribution in [0.25, 0.3) is 27.8 Å². The van der Waals surface area contributed by atoms with Crippen LogP contribution in [0.15, 0.2) is 36.8 Å². The highest BCUT2D eigenvalue weighted by molar-refractivity contribution is 6.00. The van der Waals surface area contributed by atoms with Gasteiger partial charge in [-0.15, -0.1) is 5.10 Å².